The molecule has 2 aliphatic heterocycles. The molecule has 0 aliphatic carbocycles. The van der Waals surface area contributed by atoms with E-state index in [9.17, 15) is 0 Å². The van der Waals surface area contributed by atoms with Crippen molar-refractivity contribution in [1.29, 1.82) is 0 Å². The molecule has 2 saturated heterocycles. The molecular weight excluding hydrogens is 196 g/mol. The van der Waals surface area contributed by atoms with Crippen LogP contribution in [0.4, 0.5) is 0 Å². The van der Waals surface area contributed by atoms with Crippen molar-refractivity contribution < 1.29 is 0 Å². The van der Waals surface area contributed by atoms with Gasteiger partial charge in [-0.2, -0.15) is 0 Å². The average Bonchev–Trinajstić information content (AvgIpc) is 2.71. The largest absolute Gasteiger partial charge is 0.316 e. The number of nitrogens with zero attached hydrogens (tertiary/aromatic N) is 1. The Morgan fingerprint density at radius 1 is 1.31 bits per heavy atom. The number of piperidine rings is 1. The lowest BCUT2D eigenvalue weighted by Crippen LogP contribution is -2.45. The summed E-state index contributed by atoms with van der Waals surface area (Å²) in [6, 6.07) is 0. The van der Waals surface area contributed by atoms with Gasteiger partial charge in [-0.25, -0.2) is 0 Å². The van der Waals surface area contributed by atoms with Gasteiger partial charge in [0.05, 0.1) is 0 Å². The Morgan fingerprint density at radius 2 is 2.00 bits per heavy atom. The lowest BCUT2D eigenvalue weighted by atomic mass is 9.75. The maximum Gasteiger partial charge on any atom is 0.00531 e. The summed E-state index contributed by atoms with van der Waals surface area (Å²) in [5.74, 6) is 1.76. The maximum atomic E-state index is 3.57. The van der Waals surface area contributed by atoms with E-state index in [1.807, 2.05) is 0 Å². The van der Waals surface area contributed by atoms with E-state index in [1.54, 1.807) is 0 Å². The second kappa shape index (κ2) is 5.05. The van der Waals surface area contributed by atoms with E-state index in [0.29, 0.717) is 5.41 Å². The van der Waals surface area contributed by atoms with Crippen molar-refractivity contribution in [2.45, 2.75) is 40.0 Å². The maximum absolute atomic E-state index is 3.57. The molecule has 2 aliphatic rings. The Bertz CT molecular complexity index is 211. The predicted octanol–water partition coefficient (Wildman–Crippen LogP) is 2.35. The Kier molecular flexibility index (Phi) is 3.91. The fraction of sp³-hybridized carbons (Fsp3) is 1.00. The number of likely N-dealkylation sites (tertiary alicyclic amines) is 1. The first-order valence-corrected chi connectivity index (χ1v) is 7.05. The number of rotatable bonds is 3. The molecule has 1 unspecified atom stereocenters. The molecule has 0 aromatic rings. The molecule has 2 heteroatoms. The van der Waals surface area contributed by atoms with E-state index in [4.69, 9.17) is 0 Å². The first kappa shape index (κ1) is 12.4. The van der Waals surface area contributed by atoms with Crippen LogP contribution in [0.25, 0.3) is 0 Å². The van der Waals surface area contributed by atoms with Crippen LogP contribution in [0.15, 0.2) is 0 Å². The Balaban J connectivity index is 1.91. The number of hydrogen-bond donors (Lipinski definition) is 1. The van der Waals surface area contributed by atoms with Crippen molar-refractivity contribution in [3.05, 3.63) is 0 Å². The molecule has 0 aromatic carbocycles. The van der Waals surface area contributed by atoms with Gasteiger partial charge in [0.2, 0.25) is 0 Å². The van der Waals surface area contributed by atoms with Gasteiger partial charge in [0.25, 0.3) is 0 Å². The van der Waals surface area contributed by atoms with Crippen LogP contribution in [-0.4, -0.2) is 37.6 Å². The van der Waals surface area contributed by atoms with Crippen molar-refractivity contribution in [3.8, 4) is 0 Å². The highest BCUT2D eigenvalue weighted by Crippen LogP contribution is 2.35. The fourth-order valence-corrected chi connectivity index (χ4v) is 3.24. The Hall–Kier alpha value is -0.0800. The minimum absolute atomic E-state index is 0.556. The van der Waals surface area contributed by atoms with Gasteiger partial charge in [-0.1, -0.05) is 20.8 Å². The summed E-state index contributed by atoms with van der Waals surface area (Å²) in [7, 11) is 0. The summed E-state index contributed by atoms with van der Waals surface area (Å²) in [5, 5.41) is 3.57. The Labute approximate surface area is 101 Å². The molecule has 2 heterocycles. The summed E-state index contributed by atoms with van der Waals surface area (Å²) >= 11 is 0. The number of nitrogens with one attached hydrogen (secondary N) is 1. The molecule has 2 rings (SSSR count). The van der Waals surface area contributed by atoms with Crippen LogP contribution in [0.1, 0.15) is 40.0 Å². The lowest BCUT2D eigenvalue weighted by Gasteiger charge is -2.40. The Morgan fingerprint density at radius 3 is 2.50 bits per heavy atom. The number of hydrogen-bond acceptors (Lipinski definition) is 2. The van der Waals surface area contributed by atoms with Gasteiger partial charge in [0.15, 0.2) is 0 Å². The molecule has 1 atom stereocenters. The highest BCUT2D eigenvalue weighted by atomic mass is 15.1. The van der Waals surface area contributed by atoms with Crippen LogP contribution < -0.4 is 5.32 Å². The van der Waals surface area contributed by atoms with Crippen LogP contribution in [0.5, 0.6) is 0 Å². The van der Waals surface area contributed by atoms with E-state index in [-0.39, 0.29) is 0 Å². The summed E-state index contributed by atoms with van der Waals surface area (Å²) in [4.78, 5) is 2.72. The molecule has 0 bridgehead atoms. The predicted molar refractivity (Wildman–Crippen MR) is 69.6 cm³/mol. The van der Waals surface area contributed by atoms with Gasteiger partial charge in [-0.3, -0.25) is 0 Å². The van der Waals surface area contributed by atoms with Gasteiger partial charge in [0, 0.05) is 13.1 Å². The van der Waals surface area contributed by atoms with Crippen LogP contribution in [0, 0.1) is 17.3 Å². The third-order valence-corrected chi connectivity index (χ3v) is 4.92. The second-order valence-electron chi connectivity index (χ2n) is 6.40. The summed E-state index contributed by atoms with van der Waals surface area (Å²) in [6.07, 6.45) is 4.18. The molecule has 1 N–H and O–H groups in total. The molecule has 0 amide bonds. The molecule has 0 saturated carbocycles. The van der Waals surface area contributed by atoms with E-state index < -0.39 is 0 Å². The van der Waals surface area contributed by atoms with Crippen molar-refractivity contribution in [2.24, 2.45) is 17.3 Å². The van der Waals surface area contributed by atoms with Crippen LogP contribution in [0.2, 0.25) is 0 Å². The zero-order chi connectivity index (χ0) is 11.6. The normalized spacial score (nSPS) is 33.8. The molecule has 2 nitrogen and oxygen atoms in total. The van der Waals surface area contributed by atoms with Gasteiger partial charge >= 0.3 is 0 Å². The second-order valence-corrected chi connectivity index (χ2v) is 6.40. The van der Waals surface area contributed by atoms with Crippen molar-refractivity contribution in [3.63, 3.8) is 0 Å². The summed E-state index contributed by atoms with van der Waals surface area (Å²) in [6.45, 7) is 13.6. The molecule has 16 heavy (non-hydrogen) atoms. The molecular formula is C14H28N2. The first-order valence-electron chi connectivity index (χ1n) is 7.05. The molecule has 2 fully saturated rings. The van der Waals surface area contributed by atoms with Gasteiger partial charge in [0.1, 0.15) is 0 Å². The molecule has 94 valence electrons. The lowest BCUT2D eigenvalue weighted by molar-refractivity contribution is 0.0909. The summed E-state index contributed by atoms with van der Waals surface area (Å²) in [5.41, 5.74) is 0.556. The smallest absolute Gasteiger partial charge is 0.00531 e. The standard InChI is InChI=1S/C14H28N2/c1-12(2)14(6-7-15-10-14)11-16-8-4-13(3)5-9-16/h12-13,15H,4-11H2,1-3H3. The molecule has 0 spiro atoms. The zero-order valence-electron chi connectivity index (χ0n) is 11.3. The SMILES string of the molecule is CC1CCN(CC2(C(C)C)CCNC2)CC1. The third kappa shape index (κ3) is 2.60. The van der Waals surface area contributed by atoms with Gasteiger partial charge in [-0.05, 0) is 56.1 Å². The van der Waals surface area contributed by atoms with Gasteiger partial charge < -0.3 is 10.2 Å². The van der Waals surface area contributed by atoms with Crippen molar-refractivity contribution in [2.75, 3.05) is 32.7 Å². The highest BCUT2D eigenvalue weighted by molar-refractivity contribution is 4.93. The van der Waals surface area contributed by atoms with E-state index in [1.165, 1.54) is 52.0 Å². The summed E-state index contributed by atoms with van der Waals surface area (Å²) < 4.78 is 0. The monoisotopic (exact) mass is 224 g/mol. The van der Waals surface area contributed by atoms with E-state index in [2.05, 4.69) is 31.0 Å². The van der Waals surface area contributed by atoms with E-state index in [0.717, 1.165) is 11.8 Å². The quantitative estimate of drug-likeness (QED) is 0.791. The minimum atomic E-state index is 0.556. The third-order valence-electron chi connectivity index (χ3n) is 4.92. The van der Waals surface area contributed by atoms with Gasteiger partial charge in [-0.15, -0.1) is 0 Å². The average molecular weight is 224 g/mol. The molecule has 0 radical (unpaired) electrons. The topological polar surface area (TPSA) is 15.3 Å². The van der Waals surface area contributed by atoms with Crippen molar-refractivity contribution >= 4 is 0 Å². The van der Waals surface area contributed by atoms with Crippen LogP contribution in [0.3, 0.4) is 0 Å². The van der Waals surface area contributed by atoms with Crippen molar-refractivity contribution in [1.82, 2.24) is 10.2 Å². The molecule has 0 aromatic heterocycles. The highest BCUT2D eigenvalue weighted by Gasteiger charge is 2.38. The zero-order valence-corrected chi connectivity index (χ0v) is 11.3. The van der Waals surface area contributed by atoms with Crippen LogP contribution in [-0.2, 0) is 0 Å². The van der Waals surface area contributed by atoms with E-state index >= 15 is 0 Å². The fourth-order valence-electron chi connectivity index (χ4n) is 3.24. The van der Waals surface area contributed by atoms with Crippen LogP contribution >= 0.6 is 0 Å². The minimum Gasteiger partial charge on any atom is -0.316 e. The first-order chi connectivity index (χ1) is 7.62.